The summed E-state index contributed by atoms with van der Waals surface area (Å²) < 4.78 is 11.1. The van der Waals surface area contributed by atoms with E-state index >= 15 is 0 Å². The van der Waals surface area contributed by atoms with Gasteiger partial charge in [-0.25, -0.2) is 0 Å². The second kappa shape index (κ2) is 7.81. The molecule has 1 unspecified atom stereocenters. The average molecular weight is 326 g/mol. The van der Waals surface area contributed by atoms with Crippen molar-refractivity contribution in [1.29, 1.82) is 0 Å². The summed E-state index contributed by atoms with van der Waals surface area (Å²) in [5.74, 6) is 1.99. The van der Waals surface area contributed by atoms with Crippen LogP contribution in [0.2, 0.25) is 0 Å². The lowest BCUT2D eigenvalue weighted by Crippen LogP contribution is -2.29. The molecule has 1 atom stereocenters. The molecule has 1 amide bonds. The van der Waals surface area contributed by atoms with E-state index < -0.39 is 0 Å². The van der Waals surface area contributed by atoms with E-state index in [-0.39, 0.29) is 5.91 Å². The summed E-state index contributed by atoms with van der Waals surface area (Å²) in [6.07, 6.45) is 3.58. The van der Waals surface area contributed by atoms with Crippen LogP contribution < -0.4 is 9.47 Å². The fourth-order valence-electron chi connectivity index (χ4n) is 2.98. The molecule has 1 aromatic carbocycles. The molecule has 2 aromatic rings. The van der Waals surface area contributed by atoms with Gasteiger partial charge in [0.1, 0.15) is 5.69 Å². The van der Waals surface area contributed by atoms with Crippen LogP contribution in [0.3, 0.4) is 0 Å². The number of ether oxygens (including phenoxy) is 2. The second-order valence-electron chi connectivity index (χ2n) is 5.91. The molecule has 1 saturated heterocycles. The van der Waals surface area contributed by atoms with Crippen molar-refractivity contribution in [2.24, 2.45) is 5.92 Å². The number of methoxy groups -OCH3 is 1. The highest BCUT2D eigenvalue weighted by atomic mass is 16.5. The van der Waals surface area contributed by atoms with E-state index in [1.165, 1.54) is 0 Å². The van der Waals surface area contributed by atoms with Crippen LogP contribution in [0.25, 0.3) is 0 Å². The second-order valence-corrected chi connectivity index (χ2v) is 5.91. The van der Waals surface area contributed by atoms with E-state index in [1.807, 2.05) is 41.3 Å². The summed E-state index contributed by atoms with van der Waals surface area (Å²) in [6, 6.07) is 13.1. The first-order valence-electron chi connectivity index (χ1n) is 8.24. The quantitative estimate of drug-likeness (QED) is 0.819. The van der Waals surface area contributed by atoms with Crippen LogP contribution in [-0.4, -0.2) is 42.6 Å². The molecule has 5 heteroatoms. The number of likely N-dealkylation sites (tertiary alicyclic amines) is 1. The largest absolute Gasteiger partial charge is 0.493 e. The normalized spacial score (nSPS) is 16.9. The number of carbonyl (C=O) groups is 1. The Kier molecular flexibility index (Phi) is 5.31. The molecule has 0 bridgehead atoms. The number of benzene rings is 1. The van der Waals surface area contributed by atoms with Crippen LogP contribution in [0, 0.1) is 5.92 Å². The van der Waals surface area contributed by atoms with Crippen molar-refractivity contribution in [2.75, 3.05) is 26.8 Å². The molecule has 1 fully saturated rings. The number of aromatic nitrogens is 1. The highest BCUT2D eigenvalue weighted by Gasteiger charge is 2.27. The van der Waals surface area contributed by atoms with E-state index in [1.54, 1.807) is 19.4 Å². The third kappa shape index (κ3) is 3.85. The van der Waals surface area contributed by atoms with Crippen molar-refractivity contribution < 1.29 is 14.3 Å². The van der Waals surface area contributed by atoms with E-state index in [0.29, 0.717) is 18.2 Å². The zero-order valence-corrected chi connectivity index (χ0v) is 13.9. The lowest BCUT2D eigenvalue weighted by molar-refractivity contribution is 0.0779. The number of para-hydroxylation sites is 2. The highest BCUT2D eigenvalue weighted by Crippen LogP contribution is 2.27. The van der Waals surface area contributed by atoms with Crippen molar-refractivity contribution in [2.45, 2.75) is 12.8 Å². The maximum Gasteiger partial charge on any atom is 0.272 e. The van der Waals surface area contributed by atoms with E-state index in [9.17, 15) is 4.79 Å². The van der Waals surface area contributed by atoms with Crippen LogP contribution in [0.4, 0.5) is 0 Å². The number of pyridine rings is 1. The van der Waals surface area contributed by atoms with Gasteiger partial charge in [-0.3, -0.25) is 9.78 Å². The van der Waals surface area contributed by atoms with Crippen LogP contribution in [0.1, 0.15) is 23.3 Å². The minimum Gasteiger partial charge on any atom is -0.493 e. The Morgan fingerprint density at radius 1 is 1.21 bits per heavy atom. The van der Waals surface area contributed by atoms with Gasteiger partial charge in [0.15, 0.2) is 11.5 Å². The first kappa shape index (κ1) is 16.3. The maximum atomic E-state index is 12.4. The Balaban J connectivity index is 1.47. The SMILES string of the molecule is COc1ccccc1OCCC1CCN(C(=O)c2ccccn2)C1. The minimum absolute atomic E-state index is 0.0174. The standard InChI is InChI=1S/C19H22N2O3/c1-23-17-7-2-3-8-18(17)24-13-10-15-9-12-21(14-15)19(22)16-6-4-5-11-20-16/h2-8,11,15H,9-10,12-14H2,1H3. The molecule has 24 heavy (non-hydrogen) atoms. The molecule has 2 heterocycles. The smallest absolute Gasteiger partial charge is 0.272 e. The number of nitrogens with zero attached hydrogens (tertiary/aromatic N) is 2. The number of rotatable bonds is 6. The summed E-state index contributed by atoms with van der Waals surface area (Å²) in [7, 11) is 1.64. The van der Waals surface area contributed by atoms with Crippen molar-refractivity contribution in [3.63, 3.8) is 0 Å². The maximum absolute atomic E-state index is 12.4. The lowest BCUT2D eigenvalue weighted by atomic mass is 10.1. The van der Waals surface area contributed by atoms with Gasteiger partial charge in [0.05, 0.1) is 13.7 Å². The summed E-state index contributed by atoms with van der Waals surface area (Å²) in [4.78, 5) is 18.4. The predicted octanol–water partition coefficient (Wildman–Crippen LogP) is 3.02. The summed E-state index contributed by atoms with van der Waals surface area (Å²) in [6.45, 7) is 2.18. The van der Waals surface area contributed by atoms with E-state index in [0.717, 1.165) is 37.4 Å². The Hall–Kier alpha value is -2.56. The Labute approximate surface area is 142 Å². The van der Waals surface area contributed by atoms with Gasteiger partial charge in [0, 0.05) is 19.3 Å². The summed E-state index contributed by atoms with van der Waals surface area (Å²) >= 11 is 0. The molecule has 0 aliphatic carbocycles. The topological polar surface area (TPSA) is 51.7 Å². The van der Waals surface area contributed by atoms with Gasteiger partial charge < -0.3 is 14.4 Å². The molecule has 0 N–H and O–H groups in total. The first-order valence-corrected chi connectivity index (χ1v) is 8.24. The third-order valence-corrected chi connectivity index (χ3v) is 4.31. The van der Waals surface area contributed by atoms with Gasteiger partial charge in [-0.15, -0.1) is 0 Å². The number of hydrogen-bond donors (Lipinski definition) is 0. The molecule has 0 saturated carbocycles. The van der Waals surface area contributed by atoms with E-state index in [4.69, 9.17) is 9.47 Å². The van der Waals surface area contributed by atoms with Crippen LogP contribution in [0.5, 0.6) is 11.5 Å². The van der Waals surface area contributed by atoms with E-state index in [2.05, 4.69) is 4.98 Å². The zero-order valence-electron chi connectivity index (χ0n) is 13.9. The summed E-state index contributed by atoms with van der Waals surface area (Å²) in [5.41, 5.74) is 0.517. The van der Waals surface area contributed by atoms with Gasteiger partial charge in [0.25, 0.3) is 5.91 Å². The van der Waals surface area contributed by atoms with Crippen LogP contribution in [0.15, 0.2) is 48.7 Å². The number of hydrogen-bond acceptors (Lipinski definition) is 4. The molecule has 0 spiro atoms. The van der Waals surface area contributed by atoms with Gasteiger partial charge in [-0.1, -0.05) is 18.2 Å². The molecular formula is C19H22N2O3. The minimum atomic E-state index is 0.0174. The summed E-state index contributed by atoms with van der Waals surface area (Å²) in [5, 5.41) is 0. The van der Waals surface area contributed by atoms with Gasteiger partial charge in [-0.2, -0.15) is 0 Å². The lowest BCUT2D eigenvalue weighted by Gasteiger charge is -2.16. The van der Waals surface area contributed by atoms with Gasteiger partial charge in [0.2, 0.25) is 0 Å². The molecule has 5 nitrogen and oxygen atoms in total. The fourth-order valence-corrected chi connectivity index (χ4v) is 2.98. The van der Waals surface area contributed by atoms with Crippen LogP contribution in [-0.2, 0) is 0 Å². The Morgan fingerprint density at radius 3 is 2.75 bits per heavy atom. The Morgan fingerprint density at radius 2 is 2.00 bits per heavy atom. The fraction of sp³-hybridized carbons (Fsp3) is 0.368. The van der Waals surface area contributed by atoms with Crippen molar-refractivity contribution >= 4 is 5.91 Å². The molecule has 3 rings (SSSR count). The molecule has 126 valence electrons. The monoisotopic (exact) mass is 326 g/mol. The number of amides is 1. The molecule has 1 aromatic heterocycles. The molecule has 1 aliphatic heterocycles. The average Bonchev–Trinajstić information content (AvgIpc) is 3.11. The Bertz CT molecular complexity index is 675. The molecule has 1 aliphatic rings. The highest BCUT2D eigenvalue weighted by molar-refractivity contribution is 5.92. The predicted molar refractivity (Wildman–Crippen MR) is 91.4 cm³/mol. The van der Waals surface area contributed by atoms with Gasteiger partial charge >= 0.3 is 0 Å². The van der Waals surface area contributed by atoms with Crippen molar-refractivity contribution in [3.8, 4) is 11.5 Å². The van der Waals surface area contributed by atoms with Crippen molar-refractivity contribution in [3.05, 3.63) is 54.4 Å². The molecule has 0 radical (unpaired) electrons. The third-order valence-electron chi connectivity index (χ3n) is 4.31. The van der Waals surface area contributed by atoms with Gasteiger partial charge in [-0.05, 0) is 43.0 Å². The first-order chi connectivity index (χ1) is 11.8. The van der Waals surface area contributed by atoms with Crippen molar-refractivity contribution in [1.82, 2.24) is 9.88 Å². The zero-order chi connectivity index (χ0) is 16.8. The molecular weight excluding hydrogens is 304 g/mol. The van der Waals surface area contributed by atoms with Crippen LogP contribution >= 0.6 is 0 Å². The number of carbonyl (C=O) groups excluding carboxylic acids is 1.